The Kier molecular flexibility index (Phi) is 1.86. The molecule has 3 heteroatoms. The van der Waals surface area contributed by atoms with E-state index in [2.05, 4.69) is 11.1 Å². The zero-order chi connectivity index (χ0) is 11.1. The van der Waals surface area contributed by atoms with Gasteiger partial charge in [-0.05, 0) is 37.1 Å². The second-order valence-electron chi connectivity index (χ2n) is 3.98. The molecule has 1 aliphatic carbocycles. The smallest absolute Gasteiger partial charge is 0.155 e. The van der Waals surface area contributed by atoms with Gasteiger partial charge in [-0.1, -0.05) is 6.08 Å². The van der Waals surface area contributed by atoms with Gasteiger partial charge in [-0.2, -0.15) is 0 Å². The summed E-state index contributed by atoms with van der Waals surface area (Å²) < 4.78 is 5.77. The number of nitrogens with two attached hydrogens (primary N) is 1. The summed E-state index contributed by atoms with van der Waals surface area (Å²) in [7, 11) is 0. The van der Waals surface area contributed by atoms with Crippen molar-refractivity contribution in [3.63, 3.8) is 0 Å². The van der Waals surface area contributed by atoms with Crippen molar-refractivity contribution in [3.8, 4) is 5.75 Å². The molecule has 3 nitrogen and oxygen atoms in total. The fourth-order valence-electron chi connectivity index (χ4n) is 1.83. The van der Waals surface area contributed by atoms with Crippen molar-refractivity contribution < 1.29 is 4.74 Å². The predicted molar refractivity (Wildman–Crippen MR) is 65.2 cm³/mol. The highest BCUT2D eigenvalue weighted by atomic mass is 16.5. The summed E-state index contributed by atoms with van der Waals surface area (Å²) in [6.07, 6.45) is 6.98. The molecular weight excluding hydrogens is 200 g/mol. The molecule has 0 saturated heterocycles. The fourth-order valence-corrected chi connectivity index (χ4v) is 1.83. The number of anilines is 1. The van der Waals surface area contributed by atoms with Crippen molar-refractivity contribution in [2.45, 2.75) is 13.3 Å². The number of aryl methyl sites for hydroxylation is 1. The van der Waals surface area contributed by atoms with E-state index in [4.69, 9.17) is 10.5 Å². The summed E-state index contributed by atoms with van der Waals surface area (Å²) in [6.45, 7) is 1.97. The number of fused-ring (bicyclic) bond motifs is 2. The highest BCUT2D eigenvalue weighted by Gasteiger charge is 2.19. The first-order valence-corrected chi connectivity index (χ1v) is 5.28. The number of hydrogen-bond acceptors (Lipinski definition) is 3. The molecule has 1 aromatic rings. The molecule has 1 heterocycles. The number of rotatable bonds is 0. The lowest BCUT2D eigenvalue weighted by molar-refractivity contribution is 0.448. The average molecular weight is 212 g/mol. The van der Waals surface area contributed by atoms with Crippen molar-refractivity contribution in [2.24, 2.45) is 4.99 Å². The van der Waals surface area contributed by atoms with Gasteiger partial charge in [0.25, 0.3) is 0 Å². The zero-order valence-corrected chi connectivity index (χ0v) is 9.03. The summed E-state index contributed by atoms with van der Waals surface area (Å²) in [5.74, 6) is 1.58. The Morgan fingerprint density at radius 1 is 1.38 bits per heavy atom. The summed E-state index contributed by atoms with van der Waals surface area (Å²) in [6, 6.07) is 3.79. The Labute approximate surface area is 93.9 Å². The van der Waals surface area contributed by atoms with Crippen LogP contribution in [0.2, 0.25) is 0 Å². The maximum atomic E-state index is 5.85. The summed E-state index contributed by atoms with van der Waals surface area (Å²) in [4.78, 5) is 4.55. The monoisotopic (exact) mass is 212 g/mol. The van der Waals surface area contributed by atoms with Gasteiger partial charge in [0.05, 0.1) is 0 Å². The van der Waals surface area contributed by atoms with Gasteiger partial charge in [-0.25, -0.2) is 4.99 Å². The third-order valence-corrected chi connectivity index (χ3v) is 2.78. The molecule has 1 aromatic carbocycles. The lowest BCUT2D eigenvalue weighted by Gasteiger charge is -2.20. The van der Waals surface area contributed by atoms with Crippen LogP contribution in [0.3, 0.4) is 0 Å². The van der Waals surface area contributed by atoms with Crippen LogP contribution in [0.15, 0.2) is 41.1 Å². The van der Waals surface area contributed by atoms with Crippen molar-refractivity contribution in [2.75, 3.05) is 5.73 Å². The summed E-state index contributed by atoms with van der Waals surface area (Å²) in [5, 5.41) is 0. The van der Waals surface area contributed by atoms with E-state index in [0.717, 1.165) is 40.6 Å². The lowest BCUT2D eigenvalue weighted by atomic mass is 10.1. The quantitative estimate of drug-likeness (QED) is 0.672. The van der Waals surface area contributed by atoms with E-state index in [1.807, 2.05) is 31.2 Å². The van der Waals surface area contributed by atoms with Gasteiger partial charge in [0.1, 0.15) is 17.2 Å². The molecule has 1 aliphatic heterocycles. The van der Waals surface area contributed by atoms with Crippen LogP contribution in [0.25, 0.3) is 0 Å². The van der Waals surface area contributed by atoms with Gasteiger partial charge in [-0.15, -0.1) is 0 Å². The van der Waals surface area contributed by atoms with Gasteiger partial charge in [0.2, 0.25) is 0 Å². The number of aliphatic imine (C=N–C) groups is 1. The number of benzene rings is 1. The molecule has 16 heavy (non-hydrogen) atoms. The Morgan fingerprint density at radius 3 is 3.12 bits per heavy atom. The van der Waals surface area contributed by atoms with E-state index in [9.17, 15) is 0 Å². The van der Waals surface area contributed by atoms with Crippen LogP contribution < -0.4 is 10.5 Å². The van der Waals surface area contributed by atoms with Crippen molar-refractivity contribution in [3.05, 3.63) is 41.7 Å². The maximum absolute atomic E-state index is 5.85. The Balaban J connectivity index is 2.17. The van der Waals surface area contributed by atoms with Crippen LogP contribution in [0.4, 0.5) is 11.4 Å². The molecule has 0 aromatic heterocycles. The molecule has 0 amide bonds. The van der Waals surface area contributed by atoms with Crippen LogP contribution in [-0.4, -0.2) is 5.71 Å². The molecule has 0 fully saturated rings. The fraction of sp³-hybridized carbons (Fsp3) is 0.154. The molecule has 0 bridgehead atoms. The predicted octanol–water partition coefficient (Wildman–Crippen LogP) is 2.89. The average Bonchev–Trinajstić information content (AvgIpc) is 2.28. The number of allylic oxidation sites excluding steroid dienone is 3. The van der Waals surface area contributed by atoms with Gasteiger partial charge in [0.15, 0.2) is 5.75 Å². The van der Waals surface area contributed by atoms with E-state index >= 15 is 0 Å². The molecular formula is C13H12N2O. The first kappa shape index (κ1) is 9.21. The van der Waals surface area contributed by atoms with E-state index in [1.165, 1.54) is 0 Å². The molecule has 0 radical (unpaired) electrons. The largest absolute Gasteiger partial charge is 0.453 e. The minimum atomic E-state index is 0.740. The molecule has 80 valence electrons. The van der Waals surface area contributed by atoms with Gasteiger partial charge < -0.3 is 10.5 Å². The molecule has 0 spiro atoms. The van der Waals surface area contributed by atoms with Crippen molar-refractivity contribution in [1.82, 2.24) is 0 Å². The Bertz CT molecular complexity index is 553. The van der Waals surface area contributed by atoms with E-state index in [-0.39, 0.29) is 0 Å². The van der Waals surface area contributed by atoms with E-state index in [0.29, 0.717) is 0 Å². The number of ether oxygens (including phenoxy) is 1. The minimum Gasteiger partial charge on any atom is -0.453 e. The van der Waals surface area contributed by atoms with E-state index < -0.39 is 0 Å². The lowest BCUT2D eigenvalue weighted by Crippen LogP contribution is -2.13. The third kappa shape index (κ3) is 1.33. The summed E-state index contributed by atoms with van der Waals surface area (Å²) in [5.41, 5.74) is 9.36. The topological polar surface area (TPSA) is 47.6 Å². The Hall–Kier alpha value is -2.03. The maximum Gasteiger partial charge on any atom is 0.155 e. The number of hydrogen-bond donors (Lipinski definition) is 1. The van der Waals surface area contributed by atoms with Gasteiger partial charge in [0, 0.05) is 11.8 Å². The molecule has 2 aliphatic rings. The van der Waals surface area contributed by atoms with E-state index in [1.54, 1.807) is 0 Å². The van der Waals surface area contributed by atoms with Crippen LogP contribution in [0, 0.1) is 6.92 Å². The minimum absolute atomic E-state index is 0.740. The standard InChI is InChI=1S/C13H12N2O/c1-8-6-11-13(7-9(8)14)16-12-5-3-2-4-10(12)15-11/h2,4-7H,3,14H2,1H3. The molecule has 0 unspecified atom stereocenters. The highest BCUT2D eigenvalue weighted by molar-refractivity contribution is 6.10. The Morgan fingerprint density at radius 2 is 2.25 bits per heavy atom. The second kappa shape index (κ2) is 3.23. The molecule has 0 atom stereocenters. The molecule has 0 saturated carbocycles. The molecule has 3 rings (SSSR count). The molecule has 2 N–H and O–H groups in total. The third-order valence-electron chi connectivity index (χ3n) is 2.78. The van der Waals surface area contributed by atoms with Crippen LogP contribution in [0.1, 0.15) is 12.0 Å². The van der Waals surface area contributed by atoms with Crippen LogP contribution in [-0.2, 0) is 0 Å². The second-order valence-corrected chi connectivity index (χ2v) is 3.98. The van der Waals surface area contributed by atoms with Crippen molar-refractivity contribution in [1.29, 1.82) is 0 Å². The number of nitrogen functional groups attached to an aromatic ring is 1. The zero-order valence-electron chi connectivity index (χ0n) is 9.03. The van der Waals surface area contributed by atoms with Crippen LogP contribution >= 0.6 is 0 Å². The van der Waals surface area contributed by atoms with Gasteiger partial charge in [-0.3, -0.25) is 0 Å². The van der Waals surface area contributed by atoms with Crippen LogP contribution in [0.5, 0.6) is 5.75 Å². The van der Waals surface area contributed by atoms with Crippen molar-refractivity contribution >= 4 is 17.1 Å². The first-order chi connectivity index (χ1) is 7.74. The number of nitrogens with zero attached hydrogens (tertiary/aromatic N) is 1. The first-order valence-electron chi connectivity index (χ1n) is 5.28. The summed E-state index contributed by atoms with van der Waals surface area (Å²) >= 11 is 0. The normalized spacial score (nSPS) is 16.8. The highest BCUT2D eigenvalue weighted by Crippen LogP contribution is 2.37. The van der Waals surface area contributed by atoms with Gasteiger partial charge >= 0.3 is 0 Å². The SMILES string of the molecule is Cc1cc2c(cc1N)OC1=CCC=CC1=N2.